The molecule has 1 aliphatic rings. The summed E-state index contributed by atoms with van der Waals surface area (Å²) in [5.74, 6) is 0.953. The Labute approximate surface area is 106 Å². The molecule has 1 aromatic rings. The van der Waals surface area contributed by atoms with E-state index in [0.717, 1.165) is 5.92 Å². The number of hydrogen-bond acceptors (Lipinski definition) is 0. The minimum absolute atomic E-state index is 0.953. The summed E-state index contributed by atoms with van der Waals surface area (Å²) in [6.45, 7) is 2.29. The van der Waals surface area contributed by atoms with E-state index in [1.807, 2.05) is 0 Å². The predicted octanol–water partition coefficient (Wildman–Crippen LogP) is 5.45. The molecule has 1 unspecified atom stereocenters. The van der Waals surface area contributed by atoms with Crippen LogP contribution in [0.5, 0.6) is 0 Å². The van der Waals surface area contributed by atoms with Crippen LogP contribution in [-0.2, 0) is 0 Å². The average Bonchev–Trinajstić information content (AvgIpc) is 2.41. The van der Waals surface area contributed by atoms with Gasteiger partial charge in [-0.15, -0.1) is 0 Å². The van der Waals surface area contributed by atoms with E-state index >= 15 is 0 Å². The molecular formula is C17H24. The molecule has 0 saturated heterocycles. The molecule has 1 aliphatic carbocycles. The molecule has 0 bridgehead atoms. The maximum atomic E-state index is 2.48. The van der Waals surface area contributed by atoms with Crippen molar-refractivity contribution in [1.29, 1.82) is 0 Å². The van der Waals surface area contributed by atoms with Crippen LogP contribution < -0.4 is 0 Å². The lowest BCUT2D eigenvalue weighted by Crippen LogP contribution is -2.05. The van der Waals surface area contributed by atoms with Crippen LogP contribution >= 0.6 is 0 Å². The fraction of sp³-hybridized carbons (Fsp3) is 0.529. The number of unbranched alkanes of at least 4 members (excludes halogenated alkanes) is 2. The molecule has 0 heterocycles. The van der Waals surface area contributed by atoms with Gasteiger partial charge < -0.3 is 0 Å². The molecule has 0 aliphatic heterocycles. The van der Waals surface area contributed by atoms with Crippen LogP contribution in [0.2, 0.25) is 0 Å². The Balaban J connectivity index is 1.85. The van der Waals surface area contributed by atoms with Crippen molar-refractivity contribution in [1.82, 2.24) is 0 Å². The van der Waals surface area contributed by atoms with Gasteiger partial charge in [0.15, 0.2) is 0 Å². The van der Waals surface area contributed by atoms with Crippen LogP contribution in [0.25, 0.3) is 5.57 Å². The third kappa shape index (κ3) is 3.73. The molecule has 0 amide bonds. The van der Waals surface area contributed by atoms with Gasteiger partial charge in [-0.1, -0.05) is 69.0 Å². The van der Waals surface area contributed by atoms with Crippen molar-refractivity contribution < 1.29 is 0 Å². The number of hydrogen-bond donors (Lipinski definition) is 0. The van der Waals surface area contributed by atoms with E-state index in [4.69, 9.17) is 0 Å². The van der Waals surface area contributed by atoms with Gasteiger partial charge >= 0.3 is 0 Å². The Hall–Kier alpha value is -1.04. The van der Waals surface area contributed by atoms with E-state index in [2.05, 4.69) is 43.3 Å². The Morgan fingerprint density at radius 2 is 1.94 bits per heavy atom. The highest BCUT2D eigenvalue weighted by molar-refractivity contribution is 5.66. The molecule has 0 saturated carbocycles. The average molecular weight is 228 g/mol. The lowest BCUT2D eigenvalue weighted by Gasteiger charge is -2.22. The summed E-state index contributed by atoms with van der Waals surface area (Å²) in [7, 11) is 0. The number of benzene rings is 1. The largest absolute Gasteiger partial charge is 0.0804 e. The van der Waals surface area contributed by atoms with Crippen molar-refractivity contribution in [3.63, 3.8) is 0 Å². The molecule has 0 N–H and O–H groups in total. The maximum Gasteiger partial charge on any atom is -0.0228 e. The standard InChI is InChI=1S/C17H24/c1-2-3-5-8-15-11-13-17(14-12-15)16-9-6-4-7-10-16/h4,6-7,9-10,13,15H,2-3,5,8,11-12,14H2,1H3. The Morgan fingerprint density at radius 3 is 2.59 bits per heavy atom. The summed E-state index contributed by atoms with van der Waals surface area (Å²) in [6, 6.07) is 10.9. The maximum absolute atomic E-state index is 2.48. The van der Waals surface area contributed by atoms with Gasteiger partial charge in [-0.2, -0.15) is 0 Å². The molecule has 0 heteroatoms. The van der Waals surface area contributed by atoms with E-state index in [-0.39, 0.29) is 0 Å². The van der Waals surface area contributed by atoms with Crippen LogP contribution in [0.15, 0.2) is 36.4 Å². The van der Waals surface area contributed by atoms with E-state index in [1.54, 1.807) is 5.57 Å². The Morgan fingerprint density at radius 1 is 1.12 bits per heavy atom. The van der Waals surface area contributed by atoms with Crippen LogP contribution in [0.4, 0.5) is 0 Å². The minimum atomic E-state index is 0.953. The molecule has 1 aromatic carbocycles. The molecule has 0 fully saturated rings. The normalized spacial score (nSPS) is 20.1. The second-order valence-corrected chi connectivity index (χ2v) is 5.23. The molecule has 1 atom stereocenters. The predicted molar refractivity (Wildman–Crippen MR) is 75.9 cm³/mol. The van der Waals surface area contributed by atoms with Gasteiger partial charge in [-0.3, -0.25) is 0 Å². The third-order valence-corrected chi connectivity index (χ3v) is 3.88. The summed E-state index contributed by atoms with van der Waals surface area (Å²) >= 11 is 0. The molecule has 0 spiro atoms. The van der Waals surface area contributed by atoms with Gasteiger partial charge in [0.25, 0.3) is 0 Å². The second-order valence-electron chi connectivity index (χ2n) is 5.23. The monoisotopic (exact) mass is 228 g/mol. The second kappa shape index (κ2) is 6.64. The zero-order chi connectivity index (χ0) is 11.9. The third-order valence-electron chi connectivity index (χ3n) is 3.88. The lowest BCUT2D eigenvalue weighted by molar-refractivity contribution is 0.428. The highest BCUT2D eigenvalue weighted by atomic mass is 14.2. The smallest absolute Gasteiger partial charge is 0.0228 e. The summed E-state index contributed by atoms with van der Waals surface area (Å²) in [6.07, 6.45) is 12.1. The van der Waals surface area contributed by atoms with Gasteiger partial charge in [-0.25, -0.2) is 0 Å². The van der Waals surface area contributed by atoms with E-state index in [9.17, 15) is 0 Å². The molecular weight excluding hydrogens is 204 g/mol. The number of rotatable bonds is 5. The molecule has 0 nitrogen and oxygen atoms in total. The van der Waals surface area contributed by atoms with Crippen molar-refractivity contribution >= 4 is 5.57 Å². The van der Waals surface area contributed by atoms with Crippen molar-refractivity contribution in [3.8, 4) is 0 Å². The summed E-state index contributed by atoms with van der Waals surface area (Å²) in [5, 5.41) is 0. The van der Waals surface area contributed by atoms with Crippen molar-refractivity contribution in [2.24, 2.45) is 5.92 Å². The van der Waals surface area contributed by atoms with E-state index in [1.165, 1.54) is 50.5 Å². The molecule has 2 rings (SSSR count). The van der Waals surface area contributed by atoms with Crippen LogP contribution in [0.1, 0.15) is 57.4 Å². The van der Waals surface area contributed by atoms with Crippen LogP contribution in [0.3, 0.4) is 0 Å². The van der Waals surface area contributed by atoms with Gasteiger partial charge in [-0.05, 0) is 36.3 Å². The van der Waals surface area contributed by atoms with Gasteiger partial charge in [0, 0.05) is 0 Å². The SMILES string of the molecule is CCCCCC1CC=C(c2ccccc2)CC1. The topological polar surface area (TPSA) is 0 Å². The Bertz CT molecular complexity index is 348. The zero-order valence-corrected chi connectivity index (χ0v) is 11.0. The summed E-state index contributed by atoms with van der Waals surface area (Å²) < 4.78 is 0. The fourth-order valence-electron chi connectivity index (χ4n) is 2.75. The van der Waals surface area contributed by atoms with Gasteiger partial charge in [0.2, 0.25) is 0 Å². The van der Waals surface area contributed by atoms with Crippen molar-refractivity contribution in [3.05, 3.63) is 42.0 Å². The molecule has 0 radical (unpaired) electrons. The molecule has 17 heavy (non-hydrogen) atoms. The minimum Gasteiger partial charge on any atom is -0.0804 e. The van der Waals surface area contributed by atoms with Crippen LogP contribution in [-0.4, -0.2) is 0 Å². The lowest BCUT2D eigenvalue weighted by atomic mass is 9.84. The molecule has 92 valence electrons. The first-order valence-corrected chi connectivity index (χ1v) is 7.14. The quantitative estimate of drug-likeness (QED) is 0.588. The first kappa shape index (κ1) is 12.4. The highest BCUT2D eigenvalue weighted by Crippen LogP contribution is 2.32. The summed E-state index contributed by atoms with van der Waals surface area (Å²) in [4.78, 5) is 0. The van der Waals surface area contributed by atoms with Crippen molar-refractivity contribution in [2.75, 3.05) is 0 Å². The number of allylic oxidation sites excluding steroid dienone is 2. The Kier molecular flexibility index (Phi) is 4.85. The van der Waals surface area contributed by atoms with E-state index < -0.39 is 0 Å². The molecule has 0 aromatic heterocycles. The first-order chi connectivity index (χ1) is 8.40. The highest BCUT2D eigenvalue weighted by Gasteiger charge is 2.14. The van der Waals surface area contributed by atoms with Crippen LogP contribution in [0, 0.1) is 5.92 Å². The van der Waals surface area contributed by atoms with Crippen molar-refractivity contribution in [2.45, 2.75) is 51.9 Å². The van der Waals surface area contributed by atoms with Gasteiger partial charge in [0.1, 0.15) is 0 Å². The van der Waals surface area contributed by atoms with Gasteiger partial charge in [0.05, 0.1) is 0 Å². The first-order valence-electron chi connectivity index (χ1n) is 7.14. The summed E-state index contributed by atoms with van der Waals surface area (Å²) in [5.41, 5.74) is 3.00. The fourth-order valence-corrected chi connectivity index (χ4v) is 2.75. The zero-order valence-electron chi connectivity index (χ0n) is 11.0. The van der Waals surface area contributed by atoms with E-state index in [0.29, 0.717) is 0 Å².